The van der Waals surface area contributed by atoms with Gasteiger partial charge in [0.25, 0.3) is 0 Å². The Morgan fingerprint density at radius 2 is 1.59 bits per heavy atom. The highest BCUT2D eigenvalue weighted by Gasteiger charge is 2.30. The van der Waals surface area contributed by atoms with Gasteiger partial charge in [0, 0.05) is 5.92 Å². The van der Waals surface area contributed by atoms with Gasteiger partial charge in [-0.2, -0.15) is 0 Å². The van der Waals surface area contributed by atoms with Crippen molar-refractivity contribution < 1.29 is 0 Å². The van der Waals surface area contributed by atoms with E-state index >= 15 is 0 Å². The third kappa shape index (κ3) is 4.06. The lowest BCUT2D eigenvalue weighted by atomic mass is 9.90. The standard InChI is InChI=1S/C32H30/c1-3-24-16-18-25(19-17-24)10-9-15-30-23(2)31(22-32(30)26-11-5-4-6-12-26)29-20-27-13-7-8-14-28(27)21-29/h4-8,11-20,22,31H,2-3,9-10,21H2,1H3/b30-15+. The van der Waals surface area contributed by atoms with Crippen LogP contribution in [0.1, 0.15) is 41.2 Å². The highest BCUT2D eigenvalue weighted by molar-refractivity contribution is 5.89. The molecule has 0 amide bonds. The van der Waals surface area contributed by atoms with Crippen LogP contribution >= 0.6 is 0 Å². The minimum absolute atomic E-state index is 0.285. The predicted molar refractivity (Wildman–Crippen MR) is 137 cm³/mol. The highest BCUT2D eigenvalue weighted by Crippen LogP contribution is 2.46. The smallest absolute Gasteiger partial charge is 0.0244 e. The summed E-state index contributed by atoms with van der Waals surface area (Å²) < 4.78 is 0. The van der Waals surface area contributed by atoms with Gasteiger partial charge in [-0.3, -0.25) is 0 Å². The molecule has 32 heavy (non-hydrogen) atoms. The number of benzene rings is 3. The maximum atomic E-state index is 4.59. The lowest BCUT2D eigenvalue weighted by Gasteiger charge is -2.13. The maximum absolute atomic E-state index is 4.59. The first-order valence-electron chi connectivity index (χ1n) is 11.8. The minimum Gasteiger partial charge on any atom is -0.0943 e. The molecule has 3 aromatic rings. The van der Waals surface area contributed by atoms with Crippen molar-refractivity contribution in [3.05, 3.63) is 142 Å². The quantitative estimate of drug-likeness (QED) is 0.383. The zero-order valence-corrected chi connectivity index (χ0v) is 18.9. The second kappa shape index (κ2) is 9.01. The molecule has 0 saturated carbocycles. The molecule has 5 rings (SSSR count). The first-order valence-corrected chi connectivity index (χ1v) is 11.8. The second-order valence-corrected chi connectivity index (χ2v) is 8.87. The van der Waals surface area contributed by atoms with Crippen LogP contribution in [0.3, 0.4) is 0 Å². The van der Waals surface area contributed by atoms with Crippen molar-refractivity contribution in [1.29, 1.82) is 0 Å². The van der Waals surface area contributed by atoms with Gasteiger partial charge in [-0.1, -0.05) is 116 Å². The minimum atomic E-state index is 0.285. The molecule has 0 N–H and O–H groups in total. The van der Waals surface area contributed by atoms with Crippen molar-refractivity contribution in [3.63, 3.8) is 0 Å². The van der Waals surface area contributed by atoms with Crippen LogP contribution in [0, 0.1) is 5.92 Å². The largest absolute Gasteiger partial charge is 0.0943 e. The molecular weight excluding hydrogens is 384 g/mol. The van der Waals surface area contributed by atoms with Crippen LogP contribution in [0.4, 0.5) is 0 Å². The summed E-state index contributed by atoms with van der Waals surface area (Å²) in [5, 5.41) is 0. The molecule has 0 heterocycles. The summed E-state index contributed by atoms with van der Waals surface area (Å²) >= 11 is 0. The molecule has 158 valence electrons. The third-order valence-corrected chi connectivity index (χ3v) is 6.83. The Morgan fingerprint density at radius 3 is 2.34 bits per heavy atom. The van der Waals surface area contributed by atoms with E-state index in [-0.39, 0.29) is 5.92 Å². The number of fused-ring (bicyclic) bond motifs is 1. The van der Waals surface area contributed by atoms with Gasteiger partial charge >= 0.3 is 0 Å². The van der Waals surface area contributed by atoms with Crippen LogP contribution in [0.5, 0.6) is 0 Å². The molecular formula is C32H30. The van der Waals surface area contributed by atoms with Crippen LogP contribution in [0.15, 0.2) is 114 Å². The van der Waals surface area contributed by atoms with E-state index in [0.717, 1.165) is 25.7 Å². The lowest BCUT2D eigenvalue weighted by molar-refractivity contribution is 0.906. The van der Waals surface area contributed by atoms with Crippen molar-refractivity contribution in [2.75, 3.05) is 0 Å². The summed E-state index contributed by atoms with van der Waals surface area (Å²) in [4.78, 5) is 0. The monoisotopic (exact) mass is 414 g/mol. The molecule has 0 aromatic heterocycles. The number of allylic oxidation sites excluding steroid dienone is 6. The fraction of sp³-hybridized carbons (Fsp3) is 0.188. The van der Waals surface area contributed by atoms with Gasteiger partial charge in [-0.15, -0.1) is 0 Å². The molecule has 1 atom stereocenters. The normalized spacial score (nSPS) is 18.6. The fourth-order valence-corrected chi connectivity index (χ4v) is 4.97. The summed E-state index contributed by atoms with van der Waals surface area (Å²) in [7, 11) is 0. The van der Waals surface area contributed by atoms with Crippen LogP contribution in [0.25, 0.3) is 11.6 Å². The molecule has 0 bridgehead atoms. The van der Waals surface area contributed by atoms with E-state index in [1.165, 1.54) is 50.1 Å². The van der Waals surface area contributed by atoms with Gasteiger partial charge in [-0.25, -0.2) is 0 Å². The molecule has 0 heteroatoms. The van der Waals surface area contributed by atoms with Gasteiger partial charge in [0.2, 0.25) is 0 Å². The van der Waals surface area contributed by atoms with Crippen molar-refractivity contribution in [3.8, 4) is 0 Å². The lowest BCUT2D eigenvalue weighted by Crippen LogP contribution is -2.01. The Balaban J connectivity index is 1.41. The number of aryl methyl sites for hydroxylation is 2. The summed E-state index contributed by atoms with van der Waals surface area (Å²) in [6.07, 6.45) is 11.4. The molecule has 3 aromatic carbocycles. The van der Waals surface area contributed by atoms with Gasteiger partial charge in [-0.05, 0) is 70.2 Å². The molecule has 0 radical (unpaired) electrons. The van der Waals surface area contributed by atoms with E-state index in [1.54, 1.807) is 0 Å². The Hall–Kier alpha value is -3.38. The van der Waals surface area contributed by atoms with Crippen molar-refractivity contribution >= 4 is 11.6 Å². The van der Waals surface area contributed by atoms with Crippen molar-refractivity contribution in [2.45, 2.75) is 32.6 Å². The van der Waals surface area contributed by atoms with Crippen LogP contribution in [-0.4, -0.2) is 0 Å². The molecule has 0 nitrogen and oxygen atoms in total. The summed E-state index contributed by atoms with van der Waals surface area (Å²) in [5.74, 6) is 0.285. The van der Waals surface area contributed by atoms with E-state index in [4.69, 9.17) is 0 Å². The maximum Gasteiger partial charge on any atom is 0.0244 e. The third-order valence-electron chi connectivity index (χ3n) is 6.83. The van der Waals surface area contributed by atoms with E-state index in [1.807, 2.05) is 0 Å². The average Bonchev–Trinajstić information content (AvgIpc) is 3.41. The summed E-state index contributed by atoms with van der Waals surface area (Å²) in [6.45, 7) is 6.79. The Kier molecular flexibility index (Phi) is 5.77. The van der Waals surface area contributed by atoms with E-state index in [0.29, 0.717) is 0 Å². The van der Waals surface area contributed by atoms with Crippen LogP contribution in [-0.2, 0) is 19.3 Å². The zero-order valence-electron chi connectivity index (χ0n) is 18.9. The number of hydrogen-bond donors (Lipinski definition) is 0. The van der Waals surface area contributed by atoms with E-state index in [2.05, 4.69) is 111 Å². The predicted octanol–water partition coefficient (Wildman–Crippen LogP) is 8.02. The fourth-order valence-electron chi connectivity index (χ4n) is 4.97. The van der Waals surface area contributed by atoms with Gasteiger partial charge < -0.3 is 0 Å². The van der Waals surface area contributed by atoms with Crippen LogP contribution in [0.2, 0.25) is 0 Å². The van der Waals surface area contributed by atoms with E-state index < -0.39 is 0 Å². The topological polar surface area (TPSA) is 0 Å². The molecule has 0 spiro atoms. The zero-order chi connectivity index (χ0) is 21.9. The highest BCUT2D eigenvalue weighted by atomic mass is 14.3. The molecule has 2 aliphatic carbocycles. The van der Waals surface area contributed by atoms with Crippen molar-refractivity contribution in [2.24, 2.45) is 5.92 Å². The van der Waals surface area contributed by atoms with Gasteiger partial charge in [0.1, 0.15) is 0 Å². The summed E-state index contributed by atoms with van der Waals surface area (Å²) in [5.41, 5.74) is 12.2. The summed E-state index contributed by atoms with van der Waals surface area (Å²) in [6, 6.07) is 28.6. The van der Waals surface area contributed by atoms with E-state index in [9.17, 15) is 0 Å². The molecule has 1 unspecified atom stereocenters. The SMILES string of the molecule is C=C1/C(=C\CCc2ccc(CC)cc2)C(c2ccccc2)=CC1C1=Cc2ccccc2C1. The Labute approximate surface area is 192 Å². The van der Waals surface area contributed by atoms with Gasteiger partial charge in [0.15, 0.2) is 0 Å². The second-order valence-electron chi connectivity index (χ2n) is 8.87. The molecule has 0 saturated heterocycles. The van der Waals surface area contributed by atoms with Crippen LogP contribution < -0.4 is 0 Å². The first kappa shape index (κ1) is 20.5. The average molecular weight is 415 g/mol. The van der Waals surface area contributed by atoms with Crippen molar-refractivity contribution in [1.82, 2.24) is 0 Å². The number of hydrogen-bond acceptors (Lipinski definition) is 0. The Bertz CT molecular complexity index is 1220. The first-order chi connectivity index (χ1) is 15.7. The molecule has 0 aliphatic heterocycles. The molecule has 0 fully saturated rings. The number of rotatable bonds is 6. The Morgan fingerprint density at radius 1 is 0.875 bits per heavy atom. The molecule has 2 aliphatic rings. The van der Waals surface area contributed by atoms with Gasteiger partial charge in [0.05, 0.1) is 0 Å².